The van der Waals surface area contributed by atoms with Crippen LogP contribution in [-0.4, -0.2) is 45.3 Å². The summed E-state index contributed by atoms with van der Waals surface area (Å²) < 4.78 is 7.66. The molecular formula is C23H26N4O2. The molecule has 0 spiro atoms. The summed E-state index contributed by atoms with van der Waals surface area (Å²) in [6, 6.07) is 13.7. The minimum atomic E-state index is 0.0477. The number of carbonyl (C=O) groups is 1. The summed E-state index contributed by atoms with van der Waals surface area (Å²) in [7, 11) is 1.83. The molecule has 0 unspecified atom stereocenters. The predicted molar refractivity (Wildman–Crippen MR) is 112 cm³/mol. The van der Waals surface area contributed by atoms with E-state index < -0.39 is 0 Å². The molecule has 0 N–H and O–H groups in total. The Morgan fingerprint density at radius 2 is 1.93 bits per heavy atom. The monoisotopic (exact) mass is 390 g/mol. The Balaban J connectivity index is 1.35. The van der Waals surface area contributed by atoms with Gasteiger partial charge in [-0.1, -0.05) is 30.3 Å². The number of piperidine rings is 1. The standard InChI is InChI=1S/C23H26N4O2/c1-17-15-24-11-8-22(17)29-16-18-9-12-27(13-10-18)23(28)21-14-20(25-26(21)2)19-6-4-3-5-7-19/h3-8,11,14-15,18H,9-10,12-13,16H2,1-2H3. The molecule has 1 aliphatic rings. The summed E-state index contributed by atoms with van der Waals surface area (Å²) in [5.41, 5.74) is 3.52. The molecule has 6 nitrogen and oxygen atoms in total. The van der Waals surface area contributed by atoms with Crippen LogP contribution in [0.1, 0.15) is 28.9 Å². The van der Waals surface area contributed by atoms with Crippen molar-refractivity contribution in [2.24, 2.45) is 13.0 Å². The van der Waals surface area contributed by atoms with E-state index in [2.05, 4.69) is 10.1 Å². The van der Waals surface area contributed by atoms with Gasteiger partial charge in [-0.25, -0.2) is 0 Å². The van der Waals surface area contributed by atoms with Crippen LogP contribution in [0.15, 0.2) is 54.9 Å². The van der Waals surface area contributed by atoms with Crippen LogP contribution >= 0.6 is 0 Å². The first kappa shape index (κ1) is 19.2. The SMILES string of the molecule is Cc1cnccc1OCC1CCN(C(=O)c2cc(-c3ccccc3)nn2C)CC1. The molecule has 1 fully saturated rings. The van der Waals surface area contributed by atoms with Crippen molar-refractivity contribution in [3.8, 4) is 17.0 Å². The first-order chi connectivity index (χ1) is 14.1. The maximum Gasteiger partial charge on any atom is 0.272 e. The number of benzene rings is 1. The summed E-state index contributed by atoms with van der Waals surface area (Å²) in [5, 5.41) is 4.53. The highest BCUT2D eigenvalue weighted by atomic mass is 16.5. The highest BCUT2D eigenvalue weighted by molar-refractivity contribution is 5.93. The van der Waals surface area contributed by atoms with Crippen LogP contribution in [0.4, 0.5) is 0 Å². The number of likely N-dealkylation sites (tertiary alicyclic amines) is 1. The van der Waals surface area contributed by atoms with Gasteiger partial charge in [0.1, 0.15) is 11.4 Å². The second-order valence-electron chi connectivity index (χ2n) is 7.59. The Bertz CT molecular complexity index is 976. The van der Waals surface area contributed by atoms with E-state index in [1.54, 1.807) is 10.9 Å². The van der Waals surface area contributed by atoms with Crippen LogP contribution in [-0.2, 0) is 7.05 Å². The van der Waals surface area contributed by atoms with Gasteiger partial charge in [-0.05, 0) is 37.8 Å². The minimum absolute atomic E-state index is 0.0477. The Hall–Kier alpha value is -3.15. The van der Waals surface area contributed by atoms with Gasteiger partial charge in [0, 0.05) is 43.7 Å². The van der Waals surface area contributed by atoms with Crippen LogP contribution in [0, 0.1) is 12.8 Å². The molecule has 1 aromatic carbocycles. The first-order valence-corrected chi connectivity index (χ1v) is 10.0. The van der Waals surface area contributed by atoms with Crippen molar-refractivity contribution in [3.63, 3.8) is 0 Å². The van der Waals surface area contributed by atoms with Gasteiger partial charge in [0.25, 0.3) is 5.91 Å². The zero-order valence-corrected chi connectivity index (χ0v) is 16.9. The van der Waals surface area contributed by atoms with Crippen molar-refractivity contribution in [1.29, 1.82) is 0 Å². The molecule has 0 aliphatic carbocycles. The maximum absolute atomic E-state index is 13.0. The van der Waals surface area contributed by atoms with E-state index in [4.69, 9.17) is 4.74 Å². The van der Waals surface area contributed by atoms with E-state index >= 15 is 0 Å². The molecule has 29 heavy (non-hydrogen) atoms. The lowest BCUT2D eigenvalue weighted by Crippen LogP contribution is -2.40. The summed E-state index contributed by atoms with van der Waals surface area (Å²) in [4.78, 5) is 19.0. The smallest absolute Gasteiger partial charge is 0.272 e. The van der Waals surface area contributed by atoms with Gasteiger partial charge in [0.2, 0.25) is 0 Å². The molecule has 6 heteroatoms. The number of pyridine rings is 1. The van der Waals surface area contributed by atoms with Crippen molar-refractivity contribution in [1.82, 2.24) is 19.7 Å². The van der Waals surface area contributed by atoms with Crippen molar-refractivity contribution >= 4 is 5.91 Å². The fourth-order valence-corrected chi connectivity index (χ4v) is 3.71. The van der Waals surface area contributed by atoms with Gasteiger partial charge in [-0.2, -0.15) is 5.10 Å². The number of aryl methyl sites for hydroxylation is 2. The highest BCUT2D eigenvalue weighted by Gasteiger charge is 2.26. The first-order valence-electron chi connectivity index (χ1n) is 10.0. The van der Waals surface area contributed by atoms with Crippen molar-refractivity contribution in [2.45, 2.75) is 19.8 Å². The molecule has 0 atom stereocenters. The van der Waals surface area contributed by atoms with E-state index in [9.17, 15) is 4.79 Å². The lowest BCUT2D eigenvalue weighted by Gasteiger charge is -2.31. The Labute approximate surface area is 171 Å². The van der Waals surface area contributed by atoms with E-state index in [1.165, 1.54) is 0 Å². The Morgan fingerprint density at radius 1 is 1.17 bits per heavy atom. The van der Waals surface area contributed by atoms with Gasteiger partial charge in [-0.3, -0.25) is 14.5 Å². The zero-order valence-electron chi connectivity index (χ0n) is 16.9. The second kappa shape index (κ2) is 8.47. The number of hydrogen-bond donors (Lipinski definition) is 0. The third-order valence-corrected chi connectivity index (χ3v) is 5.51. The summed E-state index contributed by atoms with van der Waals surface area (Å²) in [5.74, 6) is 1.39. The number of nitrogens with zero attached hydrogens (tertiary/aromatic N) is 4. The van der Waals surface area contributed by atoms with Gasteiger partial charge in [0.15, 0.2) is 0 Å². The van der Waals surface area contributed by atoms with E-state index in [0.29, 0.717) is 18.2 Å². The number of carbonyl (C=O) groups excluding carboxylic acids is 1. The minimum Gasteiger partial charge on any atom is -0.493 e. The molecule has 1 aliphatic heterocycles. The van der Waals surface area contributed by atoms with Crippen LogP contribution in [0.3, 0.4) is 0 Å². The predicted octanol–water partition coefficient (Wildman–Crippen LogP) is 3.72. The third-order valence-electron chi connectivity index (χ3n) is 5.51. The topological polar surface area (TPSA) is 60.2 Å². The second-order valence-corrected chi connectivity index (χ2v) is 7.59. The van der Waals surface area contributed by atoms with Crippen LogP contribution in [0.5, 0.6) is 5.75 Å². The number of ether oxygens (including phenoxy) is 1. The van der Waals surface area contributed by atoms with E-state index in [1.807, 2.05) is 67.5 Å². The van der Waals surface area contributed by atoms with Crippen LogP contribution < -0.4 is 4.74 Å². The molecule has 1 saturated heterocycles. The Morgan fingerprint density at radius 3 is 2.66 bits per heavy atom. The molecule has 0 radical (unpaired) electrons. The van der Waals surface area contributed by atoms with Crippen molar-refractivity contribution in [3.05, 3.63) is 66.1 Å². The molecule has 2 aromatic heterocycles. The molecule has 1 amide bonds. The number of rotatable bonds is 5. The Kier molecular flexibility index (Phi) is 5.60. The molecule has 0 saturated carbocycles. The van der Waals surface area contributed by atoms with Crippen molar-refractivity contribution < 1.29 is 9.53 Å². The fourth-order valence-electron chi connectivity index (χ4n) is 3.71. The number of aromatic nitrogens is 3. The average Bonchev–Trinajstić information content (AvgIpc) is 3.15. The lowest BCUT2D eigenvalue weighted by molar-refractivity contribution is 0.0650. The number of amides is 1. The maximum atomic E-state index is 13.0. The molecule has 4 rings (SSSR count). The molecular weight excluding hydrogens is 364 g/mol. The normalized spacial score (nSPS) is 14.8. The quantitative estimate of drug-likeness (QED) is 0.666. The van der Waals surface area contributed by atoms with Crippen LogP contribution in [0.25, 0.3) is 11.3 Å². The van der Waals surface area contributed by atoms with Gasteiger partial charge < -0.3 is 9.64 Å². The lowest BCUT2D eigenvalue weighted by atomic mass is 9.97. The fraction of sp³-hybridized carbons (Fsp3) is 0.348. The van der Waals surface area contributed by atoms with Gasteiger partial charge in [-0.15, -0.1) is 0 Å². The van der Waals surface area contributed by atoms with E-state index in [0.717, 1.165) is 48.5 Å². The molecule has 0 bridgehead atoms. The van der Waals surface area contributed by atoms with Gasteiger partial charge >= 0.3 is 0 Å². The molecule has 150 valence electrons. The summed E-state index contributed by atoms with van der Waals surface area (Å²) in [6.45, 7) is 4.17. The van der Waals surface area contributed by atoms with Crippen LogP contribution in [0.2, 0.25) is 0 Å². The zero-order chi connectivity index (χ0) is 20.2. The summed E-state index contributed by atoms with van der Waals surface area (Å²) >= 11 is 0. The van der Waals surface area contributed by atoms with Gasteiger partial charge in [0.05, 0.1) is 12.3 Å². The highest BCUT2D eigenvalue weighted by Crippen LogP contribution is 2.24. The summed E-state index contributed by atoms with van der Waals surface area (Å²) in [6.07, 6.45) is 5.45. The number of hydrogen-bond acceptors (Lipinski definition) is 4. The third kappa shape index (κ3) is 4.31. The molecule has 3 heterocycles. The largest absolute Gasteiger partial charge is 0.493 e. The van der Waals surface area contributed by atoms with Crippen molar-refractivity contribution in [2.75, 3.05) is 19.7 Å². The van der Waals surface area contributed by atoms with E-state index in [-0.39, 0.29) is 5.91 Å². The molecule has 3 aromatic rings. The average molecular weight is 390 g/mol.